The van der Waals surface area contributed by atoms with Gasteiger partial charge in [-0.25, -0.2) is 26.7 Å². The third-order valence-electron chi connectivity index (χ3n) is 6.49. The highest BCUT2D eigenvalue weighted by Crippen LogP contribution is 2.55. The molecular weight excluding hydrogens is 462 g/mol. The molecule has 0 aromatic heterocycles. The van der Waals surface area contributed by atoms with Crippen molar-refractivity contribution in [2.75, 3.05) is 12.6 Å². The van der Waals surface area contributed by atoms with Gasteiger partial charge in [0.25, 0.3) is 0 Å². The zero-order chi connectivity index (χ0) is 24.7. The Kier molecular flexibility index (Phi) is 6.46. The van der Waals surface area contributed by atoms with E-state index >= 15 is 4.39 Å². The number of halogens is 2. The Balaban J connectivity index is 1.71. The molecule has 0 unspecified atom stereocenters. The van der Waals surface area contributed by atoms with Crippen molar-refractivity contribution in [1.82, 2.24) is 9.62 Å². The maximum absolute atomic E-state index is 15.6. The quantitative estimate of drug-likeness (QED) is 0.637. The second-order valence-electron chi connectivity index (χ2n) is 10.2. The number of nitrogens with zero attached hydrogens (tertiary/aromatic N) is 1. The zero-order valence-electron chi connectivity index (χ0n) is 19.6. The van der Waals surface area contributed by atoms with Crippen LogP contribution in [0.25, 0.3) is 11.1 Å². The number of rotatable bonds is 6. The first-order chi connectivity index (χ1) is 15.9. The van der Waals surface area contributed by atoms with E-state index in [1.165, 1.54) is 4.90 Å². The molecule has 1 heterocycles. The number of nitrogens with one attached hydrogen (secondary N) is 1. The molecule has 1 saturated carbocycles. The lowest BCUT2D eigenvalue weighted by Crippen LogP contribution is -2.50. The number of amides is 1. The molecule has 9 heteroatoms. The summed E-state index contributed by atoms with van der Waals surface area (Å²) in [5.74, 6) is -0.429. The van der Waals surface area contributed by atoms with Crippen LogP contribution in [0.15, 0.2) is 48.5 Å². The number of alkyl halides is 1. The van der Waals surface area contributed by atoms with Crippen LogP contribution in [0.3, 0.4) is 0 Å². The molecular formula is C25H30F2N2O4S. The largest absolute Gasteiger partial charge is 0.444 e. The standard InChI is InChI=1S/C25H30F2N2O4S/c1-24(2,3)33-23(30)29-15-25(12-13-25)22(28-34(31,32)16-26)20(29)14-18-10-7-11-19(21(18)27)17-8-5-4-6-9-17/h4-11,20,22,28H,12-16H2,1-3H3/t20-,22+/m0/s1. The maximum atomic E-state index is 15.6. The summed E-state index contributed by atoms with van der Waals surface area (Å²) < 4.78 is 61.3. The third-order valence-corrected chi connectivity index (χ3v) is 7.39. The highest BCUT2D eigenvalue weighted by atomic mass is 32.2. The van der Waals surface area contributed by atoms with E-state index in [2.05, 4.69) is 4.72 Å². The smallest absolute Gasteiger partial charge is 0.410 e. The summed E-state index contributed by atoms with van der Waals surface area (Å²) in [6, 6.07) is 11.1. The van der Waals surface area contributed by atoms with E-state index in [-0.39, 0.29) is 13.0 Å². The van der Waals surface area contributed by atoms with Gasteiger partial charge in [-0.05, 0) is 51.2 Å². The minimum absolute atomic E-state index is 0.0625. The van der Waals surface area contributed by atoms with E-state index in [0.717, 1.165) is 0 Å². The Morgan fingerprint density at radius 1 is 1.15 bits per heavy atom. The van der Waals surface area contributed by atoms with Gasteiger partial charge in [0.15, 0.2) is 0 Å². The van der Waals surface area contributed by atoms with E-state index in [4.69, 9.17) is 4.74 Å². The monoisotopic (exact) mass is 492 g/mol. The van der Waals surface area contributed by atoms with Crippen molar-refractivity contribution in [2.45, 2.75) is 57.7 Å². The Hall–Kier alpha value is -2.52. The molecule has 2 fully saturated rings. The predicted molar refractivity (Wildman–Crippen MR) is 126 cm³/mol. The molecule has 184 valence electrons. The highest BCUT2D eigenvalue weighted by Gasteiger charge is 2.62. The summed E-state index contributed by atoms with van der Waals surface area (Å²) in [4.78, 5) is 14.6. The molecule has 1 amide bonds. The number of carbonyl (C=O) groups is 1. The molecule has 1 saturated heterocycles. The molecule has 6 nitrogen and oxygen atoms in total. The van der Waals surface area contributed by atoms with Gasteiger partial charge in [-0.2, -0.15) is 0 Å². The molecule has 1 spiro atoms. The lowest BCUT2D eigenvalue weighted by atomic mass is 9.91. The summed E-state index contributed by atoms with van der Waals surface area (Å²) in [5, 5.41) is 0. The van der Waals surface area contributed by atoms with E-state index in [1.54, 1.807) is 39.0 Å². The van der Waals surface area contributed by atoms with Crippen LogP contribution in [0.1, 0.15) is 39.2 Å². The van der Waals surface area contributed by atoms with Crippen molar-refractivity contribution in [3.05, 3.63) is 59.9 Å². The summed E-state index contributed by atoms with van der Waals surface area (Å²) in [6.07, 6.45) is 0.849. The molecule has 4 rings (SSSR count). The predicted octanol–water partition coefficient (Wildman–Crippen LogP) is 4.65. The summed E-state index contributed by atoms with van der Waals surface area (Å²) in [7, 11) is -4.19. The molecule has 1 aliphatic heterocycles. The summed E-state index contributed by atoms with van der Waals surface area (Å²) >= 11 is 0. The fraction of sp³-hybridized carbons (Fsp3) is 0.480. The minimum atomic E-state index is -4.19. The molecule has 1 aliphatic carbocycles. The SMILES string of the molecule is CC(C)(C)OC(=O)N1CC2(CC2)[C@H](NS(=O)(=O)CF)[C@@H]1Cc1cccc(-c2ccccc2)c1F. The molecule has 2 atom stereocenters. The minimum Gasteiger partial charge on any atom is -0.444 e. The Morgan fingerprint density at radius 3 is 2.41 bits per heavy atom. The number of carbonyl (C=O) groups excluding carboxylic acids is 1. The summed E-state index contributed by atoms with van der Waals surface area (Å²) in [5.41, 5.74) is 0.222. The number of likely N-dealkylation sites (tertiary alicyclic amines) is 1. The number of sulfonamides is 1. The van der Waals surface area contributed by atoms with Crippen molar-refractivity contribution in [1.29, 1.82) is 0 Å². The maximum Gasteiger partial charge on any atom is 0.410 e. The van der Waals surface area contributed by atoms with Gasteiger partial charge >= 0.3 is 6.09 Å². The van der Waals surface area contributed by atoms with Crippen LogP contribution in [0, 0.1) is 11.2 Å². The second-order valence-corrected chi connectivity index (χ2v) is 11.9. The zero-order valence-corrected chi connectivity index (χ0v) is 20.4. The van der Waals surface area contributed by atoms with Gasteiger partial charge in [-0.1, -0.05) is 48.5 Å². The van der Waals surface area contributed by atoms with Crippen LogP contribution in [0.5, 0.6) is 0 Å². The Morgan fingerprint density at radius 2 is 1.82 bits per heavy atom. The van der Waals surface area contributed by atoms with E-state index in [0.29, 0.717) is 29.5 Å². The highest BCUT2D eigenvalue weighted by molar-refractivity contribution is 7.89. The molecule has 34 heavy (non-hydrogen) atoms. The summed E-state index contributed by atoms with van der Waals surface area (Å²) in [6.45, 7) is 5.51. The van der Waals surface area contributed by atoms with Gasteiger partial charge in [-0.15, -0.1) is 0 Å². The Bertz CT molecular complexity index is 1160. The molecule has 2 aromatic rings. The average Bonchev–Trinajstić information content (AvgIpc) is 3.49. The second kappa shape index (κ2) is 8.92. The molecule has 0 radical (unpaired) electrons. The fourth-order valence-electron chi connectivity index (χ4n) is 4.75. The van der Waals surface area contributed by atoms with Crippen LogP contribution < -0.4 is 4.72 Å². The van der Waals surface area contributed by atoms with Gasteiger partial charge in [-0.3, -0.25) is 0 Å². The van der Waals surface area contributed by atoms with E-state index in [1.807, 2.05) is 30.3 Å². The van der Waals surface area contributed by atoms with Crippen molar-refractivity contribution < 1.29 is 26.7 Å². The first kappa shape index (κ1) is 24.6. The van der Waals surface area contributed by atoms with Crippen molar-refractivity contribution in [2.24, 2.45) is 5.41 Å². The van der Waals surface area contributed by atoms with Gasteiger partial charge < -0.3 is 9.64 Å². The lowest BCUT2D eigenvalue weighted by molar-refractivity contribution is 0.0213. The van der Waals surface area contributed by atoms with Crippen molar-refractivity contribution in [3.63, 3.8) is 0 Å². The van der Waals surface area contributed by atoms with E-state index < -0.39 is 51.0 Å². The van der Waals surface area contributed by atoms with Gasteiger partial charge in [0, 0.05) is 17.5 Å². The van der Waals surface area contributed by atoms with Crippen LogP contribution in [0.2, 0.25) is 0 Å². The Labute approximate surface area is 199 Å². The van der Waals surface area contributed by atoms with Crippen LogP contribution >= 0.6 is 0 Å². The molecule has 0 bridgehead atoms. The number of ether oxygens (including phenoxy) is 1. The van der Waals surface area contributed by atoms with Crippen LogP contribution in [-0.4, -0.2) is 49.6 Å². The first-order valence-corrected chi connectivity index (χ1v) is 13.0. The normalized spacial score (nSPS) is 21.6. The first-order valence-electron chi connectivity index (χ1n) is 11.3. The lowest BCUT2D eigenvalue weighted by Gasteiger charge is -2.31. The molecule has 2 aliphatic rings. The molecule has 1 N–H and O–H groups in total. The third kappa shape index (κ3) is 5.10. The topological polar surface area (TPSA) is 75.7 Å². The number of benzene rings is 2. The van der Waals surface area contributed by atoms with Crippen LogP contribution in [-0.2, 0) is 21.2 Å². The van der Waals surface area contributed by atoms with Crippen molar-refractivity contribution >= 4 is 16.1 Å². The fourth-order valence-corrected chi connectivity index (χ4v) is 5.61. The van der Waals surface area contributed by atoms with Crippen molar-refractivity contribution in [3.8, 4) is 11.1 Å². The number of hydrogen-bond acceptors (Lipinski definition) is 4. The van der Waals surface area contributed by atoms with Gasteiger partial charge in [0.05, 0.1) is 12.1 Å². The van der Waals surface area contributed by atoms with Gasteiger partial charge in [0.1, 0.15) is 11.4 Å². The van der Waals surface area contributed by atoms with Gasteiger partial charge in [0.2, 0.25) is 16.0 Å². The average molecular weight is 493 g/mol. The number of hydrogen-bond donors (Lipinski definition) is 1. The molecule has 2 aromatic carbocycles. The van der Waals surface area contributed by atoms with Crippen LogP contribution in [0.4, 0.5) is 13.6 Å². The van der Waals surface area contributed by atoms with E-state index in [9.17, 15) is 17.6 Å².